The molecular weight excluding hydrogens is 312 g/mol. The first kappa shape index (κ1) is 19.2. The predicted molar refractivity (Wildman–Crippen MR) is 103 cm³/mol. The van der Waals surface area contributed by atoms with E-state index in [1.54, 1.807) is 0 Å². The molecule has 0 atom stereocenters. The summed E-state index contributed by atoms with van der Waals surface area (Å²) in [5.41, 5.74) is 8.37. The Hall–Kier alpha value is -2.17. The zero-order valence-corrected chi connectivity index (χ0v) is 14.7. The van der Waals surface area contributed by atoms with Gasteiger partial charge in [0.2, 0.25) is 5.91 Å². The molecule has 0 fully saturated rings. The Morgan fingerprint density at radius 3 is 2.40 bits per heavy atom. The second kappa shape index (κ2) is 11.4. The number of carbonyl (C=O) groups is 1. The van der Waals surface area contributed by atoms with E-state index < -0.39 is 0 Å². The van der Waals surface area contributed by atoms with Crippen LogP contribution in [-0.4, -0.2) is 19.2 Å². The van der Waals surface area contributed by atoms with Crippen molar-refractivity contribution in [1.82, 2.24) is 0 Å². The van der Waals surface area contributed by atoms with Crippen LogP contribution in [-0.2, 0) is 9.53 Å². The highest BCUT2D eigenvalue weighted by atomic mass is 16.5. The average Bonchev–Trinajstić information content (AvgIpc) is 2.65. The number of rotatable bonds is 11. The van der Waals surface area contributed by atoms with E-state index in [1.807, 2.05) is 36.4 Å². The number of hydrogen-bond donors (Lipinski definition) is 2. The van der Waals surface area contributed by atoms with Crippen LogP contribution in [0.4, 0.5) is 5.69 Å². The molecule has 2 aromatic rings. The van der Waals surface area contributed by atoms with Gasteiger partial charge in [-0.15, -0.1) is 0 Å². The highest BCUT2D eigenvalue weighted by Gasteiger charge is 2.04. The zero-order valence-electron chi connectivity index (χ0n) is 14.7. The Morgan fingerprint density at radius 1 is 0.880 bits per heavy atom. The second-order valence-electron chi connectivity index (χ2n) is 6.09. The molecular formula is C21H28N2O2. The number of amides is 1. The minimum absolute atomic E-state index is 0.0803. The summed E-state index contributed by atoms with van der Waals surface area (Å²) in [4.78, 5) is 12.1. The maximum atomic E-state index is 12.1. The number of nitrogens with two attached hydrogens (primary N) is 1. The van der Waals surface area contributed by atoms with Crippen molar-refractivity contribution < 1.29 is 9.53 Å². The Labute approximate surface area is 150 Å². The number of carbonyl (C=O) groups excluding carboxylic acids is 1. The minimum Gasteiger partial charge on any atom is -0.367 e. The average molecular weight is 340 g/mol. The highest BCUT2D eigenvalue weighted by molar-refractivity contribution is 5.91. The molecule has 1 amide bonds. The number of unbranched alkanes of at least 4 members (excludes halogenated alkanes) is 4. The van der Waals surface area contributed by atoms with E-state index in [4.69, 9.17) is 10.5 Å². The lowest BCUT2D eigenvalue weighted by atomic mass is 10.1. The summed E-state index contributed by atoms with van der Waals surface area (Å²) < 4.78 is 5.10. The first-order valence-corrected chi connectivity index (χ1v) is 9.03. The fraction of sp³-hybridized carbons (Fsp3) is 0.381. The van der Waals surface area contributed by atoms with Gasteiger partial charge < -0.3 is 15.8 Å². The number of anilines is 1. The van der Waals surface area contributed by atoms with Gasteiger partial charge in [-0.05, 0) is 36.1 Å². The second-order valence-corrected chi connectivity index (χ2v) is 6.09. The van der Waals surface area contributed by atoms with Gasteiger partial charge in [0.05, 0.1) is 6.73 Å². The molecule has 25 heavy (non-hydrogen) atoms. The maximum Gasteiger partial charge on any atom is 0.224 e. The van der Waals surface area contributed by atoms with Gasteiger partial charge >= 0.3 is 0 Å². The molecule has 0 unspecified atom stereocenters. The molecule has 2 rings (SSSR count). The molecule has 0 aromatic heterocycles. The Kier molecular flexibility index (Phi) is 8.73. The largest absolute Gasteiger partial charge is 0.367 e. The number of benzene rings is 2. The van der Waals surface area contributed by atoms with Crippen molar-refractivity contribution in [2.45, 2.75) is 38.5 Å². The predicted octanol–water partition coefficient (Wildman–Crippen LogP) is 4.57. The van der Waals surface area contributed by atoms with Gasteiger partial charge in [0.1, 0.15) is 0 Å². The van der Waals surface area contributed by atoms with Crippen LogP contribution in [0, 0.1) is 0 Å². The van der Waals surface area contributed by atoms with E-state index in [2.05, 4.69) is 23.5 Å². The Morgan fingerprint density at radius 2 is 1.60 bits per heavy atom. The first-order valence-electron chi connectivity index (χ1n) is 9.03. The molecule has 2 aromatic carbocycles. The Bertz CT molecular complexity index is 629. The SMILES string of the molecule is NCOCCCCCCCC(=O)Nc1cccc(-c2ccccc2)c1. The third-order valence-corrected chi connectivity index (χ3v) is 4.06. The highest BCUT2D eigenvalue weighted by Crippen LogP contribution is 2.22. The third-order valence-electron chi connectivity index (χ3n) is 4.06. The van der Waals surface area contributed by atoms with Gasteiger partial charge in [0, 0.05) is 18.7 Å². The van der Waals surface area contributed by atoms with Crippen LogP contribution in [0.2, 0.25) is 0 Å². The van der Waals surface area contributed by atoms with E-state index in [0.29, 0.717) is 13.2 Å². The fourth-order valence-corrected chi connectivity index (χ4v) is 2.73. The lowest BCUT2D eigenvalue weighted by Crippen LogP contribution is -2.11. The Balaban J connectivity index is 1.69. The molecule has 3 N–H and O–H groups in total. The van der Waals surface area contributed by atoms with Crippen molar-refractivity contribution in [2.24, 2.45) is 5.73 Å². The van der Waals surface area contributed by atoms with Crippen molar-refractivity contribution >= 4 is 11.6 Å². The quantitative estimate of drug-likeness (QED) is 0.465. The molecule has 4 nitrogen and oxygen atoms in total. The maximum absolute atomic E-state index is 12.1. The van der Waals surface area contributed by atoms with Gasteiger partial charge in [-0.3, -0.25) is 4.79 Å². The molecule has 0 aliphatic rings. The van der Waals surface area contributed by atoms with Crippen molar-refractivity contribution in [3.63, 3.8) is 0 Å². The van der Waals surface area contributed by atoms with Gasteiger partial charge in [-0.1, -0.05) is 61.7 Å². The van der Waals surface area contributed by atoms with Crippen LogP contribution >= 0.6 is 0 Å². The molecule has 134 valence electrons. The molecule has 0 aliphatic heterocycles. The molecule has 0 saturated carbocycles. The zero-order chi connectivity index (χ0) is 17.7. The summed E-state index contributed by atoms with van der Waals surface area (Å²) in [6.07, 6.45) is 5.85. The number of hydrogen-bond acceptors (Lipinski definition) is 3. The lowest BCUT2D eigenvalue weighted by Gasteiger charge is -2.08. The van der Waals surface area contributed by atoms with Crippen molar-refractivity contribution in [3.05, 3.63) is 54.6 Å². The molecule has 4 heteroatoms. The van der Waals surface area contributed by atoms with Crippen LogP contribution in [0.25, 0.3) is 11.1 Å². The minimum atomic E-state index is 0.0803. The van der Waals surface area contributed by atoms with Crippen molar-refractivity contribution in [1.29, 1.82) is 0 Å². The van der Waals surface area contributed by atoms with Gasteiger partial charge in [-0.25, -0.2) is 0 Å². The summed E-state index contributed by atoms with van der Waals surface area (Å²) in [6, 6.07) is 18.2. The van der Waals surface area contributed by atoms with Gasteiger partial charge in [0.15, 0.2) is 0 Å². The van der Waals surface area contributed by atoms with E-state index in [-0.39, 0.29) is 5.91 Å². The lowest BCUT2D eigenvalue weighted by molar-refractivity contribution is -0.116. The van der Waals surface area contributed by atoms with Gasteiger partial charge in [0.25, 0.3) is 0 Å². The standard InChI is InChI=1S/C21H28N2O2/c22-17-25-15-8-3-1-2-7-14-21(24)23-20-13-9-12-19(16-20)18-10-5-4-6-11-18/h4-6,9-13,16H,1-3,7-8,14-15,17,22H2,(H,23,24). The van der Waals surface area contributed by atoms with E-state index in [0.717, 1.165) is 55.5 Å². The summed E-state index contributed by atoms with van der Waals surface area (Å²) >= 11 is 0. The number of nitrogens with one attached hydrogen (secondary N) is 1. The van der Waals surface area contributed by atoms with Crippen LogP contribution in [0.15, 0.2) is 54.6 Å². The van der Waals surface area contributed by atoms with E-state index in [9.17, 15) is 4.79 Å². The summed E-state index contributed by atoms with van der Waals surface area (Å²) in [7, 11) is 0. The summed E-state index contributed by atoms with van der Waals surface area (Å²) in [6.45, 7) is 1.03. The smallest absolute Gasteiger partial charge is 0.224 e. The third kappa shape index (κ3) is 7.50. The van der Waals surface area contributed by atoms with Gasteiger partial charge in [-0.2, -0.15) is 0 Å². The molecule has 0 aliphatic carbocycles. The fourth-order valence-electron chi connectivity index (χ4n) is 2.73. The van der Waals surface area contributed by atoms with Crippen molar-refractivity contribution in [2.75, 3.05) is 18.7 Å². The van der Waals surface area contributed by atoms with Crippen molar-refractivity contribution in [3.8, 4) is 11.1 Å². The normalized spacial score (nSPS) is 10.6. The molecule has 0 saturated heterocycles. The van der Waals surface area contributed by atoms with E-state index >= 15 is 0 Å². The molecule has 0 bridgehead atoms. The summed E-state index contributed by atoms with van der Waals surface area (Å²) in [5, 5.41) is 3.00. The molecule has 0 spiro atoms. The van der Waals surface area contributed by atoms with Crippen LogP contribution in [0.1, 0.15) is 38.5 Å². The monoisotopic (exact) mass is 340 g/mol. The van der Waals surface area contributed by atoms with Crippen LogP contribution in [0.5, 0.6) is 0 Å². The number of ether oxygens (including phenoxy) is 1. The molecule has 0 heterocycles. The molecule has 0 radical (unpaired) electrons. The first-order chi connectivity index (χ1) is 12.3. The van der Waals surface area contributed by atoms with E-state index in [1.165, 1.54) is 0 Å². The van der Waals surface area contributed by atoms with Crippen LogP contribution < -0.4 is 11.1 Å². The topological polar surface area (TPSA) is 64.3 Å². The van der Waals surface area contributed by atoms with Crippen LogP contribution in [0.3, 0.4) is 0 Å². The summed E-state index contributed by atoms with van der Waals surface area (Å²) in [5.74, 6) is 0.0803.